The Morgan fingerprint density at radius 3 is 2.63 bits per heavy atom. The molecule has 2 rings (SSSR count). The van der Waals surface area contributed by atoms with Gasteiger partial charge in [0.2, 0.25) is 0 Å². The molecule has 102 valence electrons. The molecule has 0 saturated carbocycles. The van der Waals surface area contributed by atoms with Gasteiger partial charge in [0.1, 0.15) is 0 Å². The van der Waals surface area contributed by atoms with Crippen LogP contribution in [0.4, 0.5) is 0 Å². The molecule has 1 unspecified atom stereocenters. The lowest BCUT2D eigenvalue weighted by molar-refractivity contribution is 0.177. The zero-order valence-corrected chi connectivity index (χ0v) is 11.4. The molecule has 0 aliphatic carbocycles. The van der Waals surface area contributed by atoms with E-state index in [1.165, 1.54) is 5.56 Å². The van der Waals surface area contributed by atoms with E-state index < -0.39 is 0 Å². The highest BCUT2D eigenvalue weighted by molar-refractivity contribution is 5.19. The summed E-state index contributed by atoms with van der Waals surface area (Å²) in [5.74, 6) is 0. The molecule has 1 atom stereocenters. The Hall–Kier alpha value is -1.72. The monoisotopic (exact) mass is 260 g/mol. The molecule has 0 radical (unpaired) electrons. The first-order valence-electron chi connectivity index (χ1n) is 6.42. The summed E-state index contributed by atoms with van der Waals surface area (Å²) in [5, 5.41) is 17.1. The van der Waals surface area contributed by atoms with Crippen LogP contribution in [0.15, 0.2) is 36.5 Å². The number of aryl methyl sites for hydroxylation is 1. The smallest absolute Gasteiger partial charge is 0.0738 e. The van der Waals surface area contributed by atoms with Crippen molar-refractivity contribution in [3.63, 3.8) is 0 Å². The summed E-state index contributed by atoms with van der Waals surface area (Å²) < 4.78 is 1.78. The second-order valence-corrected chi connectivity index (χ2v) is 4.70. The first-order chi connectivity index (χ1) is 9.22. The van der Waals surface area contributed by atoms with Crippen LogP contribution in [0.25, 0.3) is 0 Å². The summed E-state index contributed by atoms with van der Waals surface area (Å²) in [5.41, 5.74) is 2.27. The van der Waals surface area contributed by atoms with Crippen LogP contribution < -0.4 is 0 Å². The highest BCUT2D eigenvalue weighted by atomic mass is 16.3. The molecule has 0 spiro atoms. The number of hydrogen-bond acceptors (Lipinski definition) is 4. The van der Waals surface area contributed by atoms with Gasteiger partial charge in [0.15, 0.2) is 0 Å². The lowest BCUT2D eigenvalue weighted by atomic mass is 10.0. The number of rotatable bonds is 6. The maximum absolute atomic E-state index is 9.27. The van der Waals surface area contributed by atoms with Gasteiger partial charge in [-0.1, -0.05) is 35.5 Å². The SMILES string of the molecule is CN(Cc1cnnn1C)C(CCO)c1ccccc1. The summed E-state index contributed by atoms with van der Waals surface area (Å²) in [4.78, 5) is 2.21. The molecule has 5 heteroatoms. The van der Waals surface area contributed by atoms with Crippen LogP contribution in [0.1, 0.15) is 23.7 Å². The molecule has 0 fully saturated rings. The van der Waals surface area contributed by atoms with Crippen molar-refractivity contribution in [2.45, 2.75) is 19.0 Å². The van der Waals surface area contributed by atoms with Crippen LogP contribution in [0.2, 0.25) is 0 Å². The molecule has 0 saturated heterocycles. The fraction of sp³-hybridized carbons (Fsp3) is 0.429. The maximum atomic E-state index is 9.27. The maximum Gasteiger partial charge on any atom is 0.0738 e. The lowest BCUT2D eigenvalue weighted by Crippen LogP contribution is -2.26. The Morgan fingerprint density at radius 2 is 2.05 bits per heavy atom. The third-order valence-electron chi connectivity index (χ3n) is 3.34. The molecule has 1 heterocycles. The molecule has 19 heavy (non-hydrogen) atoms. The van der Waals surface area contributed by atoms with Gasteiger partial charge < -0.3 is 5.11 Å². The van der Waals surface area contributed by atoms with Crippen molar-refractivity contribution in [1.82, 2.24) is 19.9 Å². The number of hydrogen-bond donors (Lipinski definition) is 1. The second kappa shape index (κ2) is 6.45. The van der Waals surface area contributed by atoms with Crippen LogP contribution in [-0.4, -0.2) is 38.7 Å². The standard InChI is InChI=1S/C14H20N4O/c1-17(11-13-10-15-16-18(13)2)14(8-9-19)12-6-4-3-5-7-12/h3-7,10,14,19H,8-9,11H2,1-2H3. The van der Waals surface area contributed by atoms with E-state index in [9.17, 15) is 5.11 Å². The summed E-state index contributed by atoms with van der Waals surface area (Å²) in [6, 6.07) is 10.4. The minimum atomic E-state index is 0.174. The summed E-state index contributed by atoms with van der Waals surface area (Å²) in [6.45, 7) is 0.927. The highest BCUT2D eigenvalue weighted by Crippen LogP contribution is 2.23. The third-order valence-corrected chi connectivity index (χ3v) is 3.34. The fourth-order valence-corrected chi connectivity index (χ4v) is 2.26. The van der Waals surface area contributed by atoms with Crippen molar-refractivity contribution >= 4 is 0 Å². The number of nitrogens with zero attached hydrogens (tertiary/aromatic N) is 4. The number of benzene rings is 1. The van der Waals surface area contributed by atoms with Crippen molar-refractivity contribution in [3.8, 4) is 0 Å². The molecule has 5 nitrogen and oxygen atoms in total. The van der Waals surface area contributed by atoms with Crippen molar-refractivity contribution in [2.75, 3.05) is 13.7 Å². The second-order valence-electron chi connectivity index (χ2n) is 4.70. The zero-order chi connectivity index (χ0) is 13.7. The van der Waals surface area contributed by atoms with Crippen LogP contribution >= 0.6 is 0 Å². The molecular formula is C14H20N4O. The summed E-state index contributed by atoms with van der Waals surface area (Å²) in [7, 11) is 3.94. The van der Waals surface area contributed by atoms with Gasteiger partial charge in [0, 0.05) is 26.2 Å². The Kier molecular flexibility index (Phi) is 4.65. The van der Waals surface area contributed by atoms with Crippen LogP contribution in [0.5, 0.6) is 0 Å². The average molecular weight is 260 g/mol. The van der Waals surface area contributed by atoms with Crippen LogP contribution in [0, 0.1) is 0 Å². The zero-order valence-electron chi connectivity index (χ0n) is 11.4. The normalized spacial score (nSPS) is 12.8. The van der Waals surface area contributed by atoms with Gasteiger partial charge in [0.05, 0.1) is 11.9 Å². The van der Waals surface area contributed by atoms with Gasteiger partial charge in [-0.05, 0) is 19.0 Å². The van der Waals surface area contributed by atoms with E-state index in [2.05, 4.69) is 34.4 Å². The minimum Gasteiger partial charge on any atom is -0.396 e. The van der Waals surface area contributed by atoms with E-state index in [-0.39, 0.29) is 12.6 Å². The van der Waals surface area contributed by atoms with Crippen molar-refractivity contribution in [1.29, 1.82) is 0 Å². The minimum absolute atomic E-state index is 0.174. The Morgan fingerprint density at radius 1 is 1.32 bits per heavy atom. The summed E-state index contributed by atoms with van der Waals surface area (Å²) in [6.07, 6.45) is 2.49. The largest absolute Gasteiger partial charge is 0.396 e. The Balaban J connectivity index is 2.13. The van der Waals surface area contributed by atoms with Crippen LogP contribution in [0.3, 0.4) is 0 Å². The van der Waals surface area contributed by atoms with Gasteiger partial charge in [0.25, 0.3) is 0 Å². The first kappa shape index (κ1) is 13.7. The predicted molar refractivity (Wildman–Crippen MR) is 73.4 cm³/mol. The van der Waals surface area contributed by atoms with E-state index in [1.54, 1.807) is 10.9 Å². The third kappa shape index (κ3) is 3.39. The van der Waals surface area contributed by atoms with Crippen molar-refractivity contribution in [2.24, 2.45) is 7.05 Å². The molecular weight excluding hydrogens is 240 g/mol. The molecule has 0 bridgehead atoms. The van der Waals surface area contributed by atoms with E-state index in [1.807, 2.05) is 25.2 Å². The van der Waals surface area contributed by atoms with Gasteiger partial charge in [-0.25, -0.2) is 0 Å². The van der Waals surface area contributed by atoms with Gasteiger partial charge in [-0.3, -0.25) is 9.58 Å². The van der Waals surface area contributed by atoms with Gasteiger partial charge in [-0.2, -0.15) is 0 Å². The van der Waals surface area contributed by atoms with E-state index >= 15 is 0 Å². The quantitative estimate of drug-likeness (QED) is 0.852. The molecule has 0 amide bonds. The first-order valence-corrected chi connectivity index (χ1v) is 6.42. The number of aliphatic hydroxyl groups is 1. The Bertz CT molecular complexity index is 497. The topological polar surface area (TPSA) is 54.2 Å². The Labute approximate surface area is 113 Å². The highest BCUT2D eigenvalue weighted by Gasteiger charge is 2.17. The van der Waals surface area contributed by atoms with E-state index in [4.69, 9.17) is 0 Å². The van der Waals surface area contributed by atoms with Crippen LogP contribution in [-0.2, 0) is 13.6 Å². The molecule has 2 aromatic rings. The van der Waals surface area contributed by atoms with Gasteiger partial charge >= 0.3 is 0 Å². The number of aromatic nitrogens is 3. The molecule has 0 aliphatic heterocycles. The van der Waals surface area contributed by atoms with Gasteiger partial charge in [-0.15, -0.1) is 5.10 Å². The lowest BCUT2D eigenvalue weighted by Gasteiger charge is -2.27. The predicted octanol–water partition coefficient (Wildman–Crippen LogP) is 1.37. The van der Waals surface area contributed by atoms with E-state index in [0.717, 1.165) is 12.2 Å². The van der Waals surface area contributed by atoms with Crippen molar-refractivity contribution < 1.29 is 5.11 Å². The molecule has 1 aromatic heterocycles. The van der Waals surface area contributed by atoms with Crippen molar-refractivity contribution in [3.05, 3.63) is 47.8 Å². The molecule has 0 aliphatic rings. The average Bonchev–Trinajstić information content (AvgIpc) is 2.82. The molecule has 1 aromatic carbocycles. The van der Waals surface area contributed by atoms with E-state index in [0.29, 0.717) is 6.42 Å². The number of aliphatic hydroxyl groups excluding tert-OH is 1. The molecule has 1 N–H and O–H groups in total. The fourth-order valence-electron chi connectivity index (χ4n) is 2.26. The summed E-state index contributed by atoms with van der Waals surface area (Å²) >= 11 is 0.